The number of hydrogen-bond acceptors (Lipinski definition) is 5. The molecule has 2 amide bonds. The molecule has 0 aromatic heterocycles. The molecule has 2 aliphatic rings. The number of nitrogens with zero attached hydrogens (tertiary/aromatic N) is 1. The molecule has 2 heterocycles. The van der Waals surface area contributed by atoms with Gasteiger partial charge >= 0.3 is 11.8 Å². The van der Waals surface area contributed by atoms with Crippen molar-refractivity contribution >= 4 is 11.8 Å². The maximum Gasteiger partial charge on any atom is 0.311 e. The Labute approximate surface area is 122 Å². The SMILES string of the molecule is O=C(NCc1ccc2c(c1)OCO2)C(=O)N1CCNCC1. The van der Waals surface area contributed by atoms with Crippen LogP contribution in [0.4, 0.5) is 0 Å². The predicted molar refractivity (Wildman–Crippen MR) is 73.9 cm³/mol. The molecule has 0 saturated carbocycles. The van der Waals surface area contributed by atoms with Crippen LogP contribution in [0.1, 0.15) is 5.56 Å². The molecule has 1 saturated heterocycles. The van der Waals surface area contributed by atoms with Crippen LogP contribution in [0.3, 0.4) is 0 Å². The fraction of sp³-hybridized carbons (Fsp3) is 0.429. The van der Waals surface area contributed by atoms with Crippen molar-refractivity contribution in [2.24, 2.45) is 0 Å². The van der Waals surface area contributed by atoms with Crippen molar-refractivity contribution in [2.75, 3.05) is 33.0 Å². The Kier molecular flexibility index (Phi) is 3.92. The third-order valence-corrected chi connectivity index (χ3v) is 3.49. The van der Waals surface area contributed by atoms with E-state index in [9.17, 15) is 9.59 Å². The van der Waals surface area contributed by atoms with Gasteiger partial charge in [-0.05, 0) is 17.7 Å². The highest BCUT2D eigenvalue weighted by molar-refractivity contribution is 6.35. The van der Waals surface area contributed by atoms with Crippen molar-refractivity contribution in [2.45, 2.75) is 6.54 Å². The summed E-state index contributed by atoms with van der Waals surface area (Å²) in [4.78, 5) is 25.4. The lowest BCUT2D eigenvalue weighted by Crippen LogP contribution is -2.51. The fourth-order valence-corrected chi connectivity index (χ4v) is 2.32. The van der Waals surface area contributed by atoms with Gasteiger partial charge in [0.2, 0.25) is 6.79 Å². The third kappa shape index (κ3) is 3.08. The zero-order chi connectivity index (χ0) is 14.7. The number of benzene rings is 1. The molecule has 2 aliphatic heterocycles. The molecule has 1 fully saturated rings. The maximum absolute atomic E-state index is 11.9. The van der Waals surface area contributed by atoms with Gasteiger partial charge in [-0.25, -0.2) is 0 Å². The topological polar surface area (TPSA) is 79.9 Å². The molecule has 3 rings (SSSR count). The molecule has 0 aliphatic carbocycles. The minimum atomic E-state index is -0.574. The molecular weight excluding hydrogens is 274 g/mol. The summed E-state index contributed by atoms with van der Waals surface area (Å²) in [6.45, 7) is 3.08. The smallest absolute Gasteiger partial charge is 0.311 e. The molecule has 21 heavy (non-hydrogen) atoms. The number of carbonyl (C=O) groups excluding carboxylic acids is 2. The number of piperazine rings is 1. The van der Waals surface area contributed by atoms with Gasteiger partial charge in [0, 0.05) is 32.7 Å². The standard InChI is InChI=1S/C14H17N3O4/c18-13(14(19)17-5-3-15-4-6-17)16-8-10-1-2-11-12(7-10)21-9-20-11/h1-2,7,15H,3-6,8-9H2,(H,16,18). The lowest BCUT2D eigenvalue weighted by Gasteiger charge is -2.26. The first-order valence-corrected chi connectivity index (χ1v) is 6.90. The summed E-state index contributed by atoms with van der Waals surface area (Å²) < 4.78 is 10.5. The number of rotatable bonds is 2. The zero-order valence-electron chi connectivity index (χ0n) is 11.6. The van der Waals surface area contributed by atoms with Crippen LogP contribution in [0.5, 0.6) is 11.5 Å². The Bertz CT molecular complexity index is 555. The summed E-state index contributed by atoms with van der Waals surface area (Å²) in [5.41, 5.74) is 0.862. The second-order valence-electron chi connectivity index (χ2n) is 4.91. The van der Waals surface area contributed by atoms with E-state index < -0.39 is 11.8 Å². The second-order valence-corrected chi connectivity index (χ2v) is 4.91. The first-order valence-electron chi connectivity index (χ1n) is 6.90. The van der Waals surface area contributed by atoms with Crippen LogP contribution in [-0.2, 0) is 16.1 Å². The largest absolute Gasteiger partial charge is 0.454 e. The van der Waals surface area contributed by atoms with Gasteiger partial charge < -0.3 is 25.0 Å². The lowest BCUT2D eigenvalue weighted by atomic mass is 10.2. The second kappa shape index (κ2) is 6.01. The van der Waals surface area contributed by atoms with Gasteiger partial charge in [0.25, 0.3) is 0 Å². The van der Waals surface area contributed by atoms with Gasteiger partial charge in [-0.1, -0.05) is 6.07 Å². The molecule has 0 bridgehead atoms. The van der Waals surface area contributed by atoms with Crippen LogP contribution < -0.4 is 20.1 Å². The van der Waals surface area contributed by atoms with E-state index in [0.717, 1.165) is 18.7 Å². The molecule has 0 radical (unpaired) electrons. The average Bonchev–Trinajstić information content (AvgIpc) is 3.00. The van der Waals surface area contributed by atoms with Gasteiger partial charge in [0.1, 0.15) is 0 Å². The van der Waals surface area contributed by atoms with E-state index in [1.165, 1.54) is 0 Å². The normalized spacial score (nSPS) is 16.7. The van der Waals surface area contributed by atoms with Crippen LogP contribution in [0, 0.1) is 0 Å². The summed E-state index contributed by atoms with van der Waals surface area (Å²) in [6, 6.07) is 5.43. The first-order chi connectivity index (χ1) is 10.2. The summed E-state index contributed by atoms with van der Waals surface area (Å²) >= 11 is 0. The van der Waals surface area contributed by atoms with E-state index in [0.29, 0.717) is 24.6 Å². The summed E-state index contributed by atoms with van der Waals surface area (Å²) in [6.07, 6.45) is 0. The van der Waals surface area contributed by atoms with E-state index in [-0.39, 0.29) is 13.3 Å². The van der Waals surface area contributed by atoms with Crippen LogP contribution in [-0.4, -0.2) is 49.7 Å². The Morgan fingerprint density at radius 3 is 2.76 bits per heavy atom. The molecule has 1 aromatic rings. The van der Waals surface area contributed by atoms with E-state index >= 15 is 0 Å². The van der Waals surface area contributed by atoms with E-state index in [1.807, 2.05) is 6.07 Å². The minimum absolute atomic E-state index is 0.215. The van der Waals surface area contributed by atoms with Crippen LogP contribution >= 0.6 is 0 Å². The molecule has 7 nitrogen and oxygen atoms in total. The van der Waals surface area contributed by atoms with Crippen LogP contribution in [0.25, 0.3) is 0 Å². The van der Waals surface area contributed by atoms with Gasteiger partial charge in [-0.2, -0.15) is 0 Å². The average molecular weight is 291 g/mol. The molecule has 7 heteroatoms. The van der Waals surface area contributed by atoms with Crippen molar-refractivity contribution in [1.82, 2.24) is 15.5 Å². The highest BCUT2D eigenvalue weighted by Crippen LogP contribution is 2.32. The highest BCUT2D eigenvalue weighted by Gasteiger charge is 2.23. The Hall–Kier alpha value is -2.28. The molecule has 1 aromatic carbocycles. The van der Waals surface area contributed by atoms with Crippen molar-refractivity contribution in [1.29, 1.82) is 0 Å². The Morgan fingerprint density at radius 1 is 1.19 bits per heavy atom. The fourth-order valence-electron chi connectivity index (χ4n) is 2.32. The number of ether oxygens (including phenoxy) is 2. The van der Waals surface area contributed by atoms with E-state index in [1.54, 1.807) is 17.0 Å². The first kappa shape index (κ1) is 13.7. The maximum atomic E-state index is 11.9. The van der Waals surface area contributed by atoms with E-state index in [2.05, 4.69) is 10.6 Å². The van der Waals surface area contributed by atoms with Crippen molar-refractivity contribution in [3.63, 3.8) is 0 Å². The molecule has 0 atom stereocenters. The number of fused-ring (bicyclic) bond motifs is 1. The Balaban J connectivity index is 1.54. The number of carbonyl (C=O) groups is 2. The Morgan fingerprint density at radius 2 is 1.95 bits per heavy atom. The highest BCUT2D eigenvalue weighted by atomic mass is 16.7. The van der Waals surface area contributed by atoms with Gasteiger partial charge in [0.05, 0.1) is 0 Å². The molecular formula is C14H17N3O4. The van der Waals surface area contributed by atoms with Gasteiger partial charge in [0.15, 0.2) is 11.5 Å². The van der Waals surface area contributed by atoms with Crippen molar-refractivity contribution < 1.29 is 19.1 Å². The molecule has 2 N–H and O–H groups in total. The summed E-state index contributed by atoms with van der Waals surface area (Å²) in [7, 11) is 0. The van der Waals surface area contributed by atoms with Crippen molar-refractivity contribution in [3.05, 3.63) is 23.8 Å². The lowest BCUT2D eigenvalue weighted by molar-refractivity contribution is -0.146. The minimum Gasteiger partial charge on any atom is -0.454 e. The monoisotopic (exact) mass is 291 g/mol. The number of hydrogen-bond donors (Lipinski definition) is 2. The number of nitrogens with one attached hydrogen (secondary N) is 2. The molecule has 112 valence electrons. The number of amides is 2. The molecule has 0 spiro atoms. The van der Waals surface area contributed by atoms with Crippen LogP contribution in [0.15, 0.2) is 18.2 Å². The van der Waals surface area contributed by atoms with Gasteiger partial charge in [-0.15, -0.1) is 0 Å². The molecule has 0 unspecified atom stereocenters. The zero-order valence-corrected chi connectivity index (χ0v) is 11.6. The summed E-state index contributed by atoms with van der Waals surface area (Å²) in [5, 5.41) is 5.78. The predicted octanol–water partition coefficient (Wildman–Crippen LogP) is -0.537. The quantitative estimate of drug-likeness (QED) is 0.716. The van der Waals surface area contributed by atoms with E-state index in [4.69, 9.17) is 9.47 Å². The summed E-state index contributed by atoms with van der Waals surface area (Å²) in [5.74, 6) is 0.309. The van der Waals surface area contributed by atoms with Crippen molar-refractivity contribution in [3.8, 4) is 11.5 Å². The van der Waals surface area contributed by atoms with Gasteiger partial charge in [-0.3, -0.25) is 9.59 Å². The third-order valence-electron chi connectivity index (χ3n) is 3.49. The van der Waals surface area contributed by atoms with Crippen LogP contribution in [0.2, 0.25) is 0 Å².